The molecule has 1 heterocycles. The van der Waals surface area contributed by atoms with E-state index in [0.717, 1.165) is 11.8 Å². The number of sulfonamides is 1. The predicted molar refractivity (Wildman–Crippen MR) is 143 cm³/mol. The lowest BCUT2D eigenvalue weighted by Crippen LogP contribution is -2.47. The van der Waals surface area contributed by atoms with Gasteiger partial charge >= 0.3 is 0 Å². The van der Waals surface area contributed by atoms with Crippen molar-refractivity contribution in [2.75, 3.05) is 37.7 Å². The van der Waals surface area contributed by atoms with Crippen LogP contribution in [-0.4, -0.2) is 74.4 Å². The fourth-order valence-corrected chi connectivity index (χ4v) is 5.12. The van der Waals surface area contributed by atoms with E-state index in [4.69, 9.17) is 27.9 Å². The van der Waals surface area contributed by atoms with Gasteiger partial charge in [-0.1, -0.05) is 36.2 Å². The fourth-order valence-electron chi connectivity index (χ4n) is 4.25. The van der Waals surface area contributed by atoms with Crippen molar-refractivity contribution in [3.8, 4) is 5.75 Å². The minimum Gasteiger partial charge on any atom is -0.488 e. The summed E-state index contributed by atoms with van der Waals surface area (Å²) in [5.41, 5.74) is 1.94. The number of fused-ring (bicyclic) bond motifs is 1. The highest BCUT2D eigenvalue weighted by atomic mass is 35.5. The van der Waals surface area contributed by atoms with Gasteiger partial charge in [-0.25, -0.2) is 8.42 Å². The standard InChI is InChI=1S/C25H33Cl2N3O5S/c1-16-12-30(17(2)15-31)25(32)11-19-10-20(28-36(4,33)34)6-8-23(19)35-24(16)14-29(3)13-18-5-7-21(26)22(27)9-18/h5-10,16-17,24,28,31H,11-15H2,1-4H3/t16-,17-,24-/m0/s1. The first-order valence-electron chi connectivity index (χ1n) is 11.7. The number of aliphatic hydroxyl groups is 1. The van der Waals surface area contributed by atoms with E-state index in [1.807, 2.05) is 26.1 Å². The summed E-state index contributed by atoms with van der Waals surface area (Å²) in [5, 5.41) is 10.8. The molecule has 198 valence electrons. The number of amides is 1. The highest BCUT2D eigenvalue weighted by molar-refractivity contribution is 7.92. The number of hydrogen-bond donors (Lipinski definition) is 2. The zero-order valence-electron chi connectivity index (χ0n) is 20.9. The summed E-state index contributed by atoms with van der Waals surface area (Å²) >= 11 is 12.2. The summed E-state index contributed by atoms with van der Waals surface area (Å²) in [6.45, 7) is 5.24. The van der Waals surface area contributed by atoms with Gasteiger partial charge in [0, 0.05) is 36.8 Å². The Morgan fingerprint density at radius 1 is 1.22 bits per heavy atom. The molecule has 2 N–H and O–H groups in total. The van der Waals surface area contributed by atoms with Crippen molar-refractivity contribution < 1.29 is 23.1 Å². The highest BCUT2D eigenvalue weighted by Crippen LogP contribution is 2.30. The summed E-state index contributed by atoms with van der Waals surface area (Å²) in [6, 6.07) is 10.1. The molecule has 0 spiro atoms. The first-order valence-corrected chi connectivity index (χ1v) is 14.3. The third-order valence-electron chi connectivity index (χ3n) is 6.15. The molecule has 0 saturated heterocycles. The maximum absolute atomic E-state index is 13.2. The van der Waals surface area contributed by atoms with Gasteiger partial charge in [-0.15, -0.1) is 0 Å². The summed E-state index contributed by atoms with van der Waals surface area (Å²) in [7, 11) is -1.51. The van der Waals surface area contributed by atoms with E-state index in [1.165, 1.54) is 0 Å². The molecule has 11 heteroatoms. The van der Waals surface area contributed by atoms with Crippen LogP contribution in [0.15, 0.2) is 36.4 Å². The minimum absolute atomic E-state index is 0.0253. The number of hydrogen-bond acceptors (Lipinski definition) is 6. The molecule has 3 rings (SSSR count). The number of ether oxygens (including phenoxy) is 1. The van der Waals surface area contributed by atoms with Crippen LogP contribution < -0.4 is 9.46 Å². The number of aliphatic hydroxyl groups excluding tert-OH is 1. The van der Waals surface area contributed by atoms with Crippen molar-refractivity contribution in [3.05, 3.63) is 57.6 Å². The van der Waals surface area contributed by atoms with E-state index in [-0.39, 0.29) is 37.0 Å². The molecule has 0 saturated carbocycles. The topological polar surface area (TPSA) is 99.2 Å². The Morgan fingerprint density at radius 3 is 2.58 bits per heavy atom. The van der Waals surface area contributed by atoms with Crippen LogP contribution in [0.4, 0.5) is 5.69 Å². The number of benzene rings is 2. The molecular weight excluding hydrogens is 525 g/mol. The van der Waals surface area contributed by atoms with Crippen molar-refractivity contribution in [1.29, 1.82) is 0 Å². The average molecular weight is 559 g/mol. The smallest absolute Gasteiger partial charge is 0.229 e. The molecule has 8 nitrogen and oxygen atoms in total. The van der Waals surface area contributed by atoms with Crippen LogP contribution in [0.3, 0.4) is 0 Å². The van der Waals surface area contributed by atoms with Crippen LogP contribution in [0, 0.1) is 5.92 Å². The molecule has 0 bridgehead atoms. The summed E-state index contributed by atoms with van der Waals surface area (Å²) < 4.78 is 32.4. The highest BCUT2D eigenvalue weighted by Gasteiger charge is 2.31. The average Bonchev–Trinajstić information content (AvgIpc) is 2.83. The third-order valence-corrected chi connectivity index (χ3v) is 7.49. The van der Waals surface area contributed by atoms with Crippen LogP contribution >= 0.6 is 23.2 Å². The van der Waals surface area contributed by atoms with E-state index in [0.29, 0.717) is 46.7 Å². The van der Waals surface area contributed by atoms with E-state index < -0.39 is 10.0 Å². The Labute approximate surface area is 223 Å². The van der Waals surface area contributed by atoms with Gasteiger partial charge in [0.15, 0.2) is 0 Å². The van der Waals surface area contributed by atoms with Crippen molar-refractivity contribution >= 4 is 44.8 Å². The van der Waals surface area contributed by atoms with Crippen molar-refractivity contribution in [2.45, 2.75) is 39.0 Å². The number of nitrogens with one attached hydrogen (secondary N) is 1. The Balaban J connectivity index is 1.91. The van der Waals surface area contributed by atoms with Gasteiger partial charge in [0.1, 0.15) is 11.9 Å². The molecular formula is C25H33Cl2N3O5S. The molecule has 0 fully saturated rings. The lowest BCUT2D eigenvalue weighted by molar-refractivity contribution is -0.134. The molecule has 0 aliphatic carbocycles. The third kappa shape index (κ3) is 7.73. The van der Waals surface area contributed by atoms with Gasteiger partial charge in [-0.2, -0.15) is 0 Å². The van der Waals surface area contributed by atoms with Gasteiger partial charge < -0.3 is 14.7 Å². The maximum Gasteiger partial charge on any atom is 0.229 e. The largest absolute Gasteiger partial charge is 0.488 e. The predicted octanol–water partition coefficient (Wildman–Crippen LogP) is 3.65. The second kappa shape index (κ2) is 12.0. The summed E-state index contributed by atoms with van der Waals surface area (Å²) in [4.78, 5) is 17.0. The number of anilines is 1. The van der Waals surface area contributed by atoms with E-state index in [1.54, 1.807) is 36.1 Å². The molecule has 3 atom stereocenters. The quantitative estimate of drug-likeness (QED) is 0.514. The van der Waals surface area contributed by atoms with Crippen LogP contribution in [-0.2, 0) is 27.8 Å². The van der Waals surface area contributed by atoms with Crippen molar-refractivity contribution in [2.24, 2.45) is 5.92 Å². The van der Waals surface area contributed by atoms with E-state index >= 15 is 0 Å². The molecule has 1 aliphatic rings. The second-order valence-corrected chi connectivity index (χ2v) is 12.1. The van der Waals surface area contributed by atoms with Gasteiger partial charge in [-0.3, -0.25) is 14.4 Å². The first-order chi connectivity index (χ1) is 16.9. The molecule has 0 aromatic heterocycles. The Bertz CT molecular complexity index is 1190. The number of nitrogens with zero attached hydrogens (tertiary/aromatic N) is 2. The van der Waals surface area contributed by atoms with Gasteiger partial charge in [0.25, 0.3) is 0 Å². The number of likely N-dealkylation sites (N-methyl/N-ethyl adjacent to an activating group) is 1. The molecule has 2 aromatic carbocycles. The summed E-state index contributed by atoms with van der Waals surface area (Å²) in [5.74, 6) is 0.314. The zero-order chi connectivity index (χ0) is 26.6. The zero-order valence-corrected chi connectivity index (χ0v) is 23.2. The number of rotatable bonds is 8. The normalized spacial score (nSPS) is 19.7. The molecule has 0 radical (unpaired) electrons. The van der Waals surface area contributed by atoms with Gasteiger partial charge in [0.2, 0.25) is 15.9 Å². The molecule has 36 heavy (non-hydrogen) atoms. The SMILES string of the molecule is C[C@H]1CN([C@@H](C)CO)C(=O)Cc2cc(NS(C)(=O)=O)ccc2O[C@H]1CN(C)Cc1ccc(Cl)c(Cl)c1. The van der Waals surface area contributed by atoms with Gasteiger partial charge in [0.05, 0.1) is 35.4 Å². The van der Waals surface area contributed by atoms with E-state index in [9.17, 15) is 18.3 Å². The van der Waals surface area contributed by atoms with E-state index in [2.05, 4.69) is 9.62 Å². The molecule has 1 amide bonds. The van der Waals surface area contributed by atoms with Crippen LogP contribution in [0.25, 0.3) is 0 Å². The van der Waals surface area contributed by atoms with Crippen molar-refractivity contribution in [1.82, 2.24) is 9.80 Å². The molecule has 1 aliphatic heterocycles. The lowest BCUT2D eigenvalue weighted by Gasteiger charge is -2.34. The first kappa shape index (κ1) is 28.5. The Morgan fingerprint density at radius 2 is 1.94 bits per heavy atom. The number of halogens is 2. The van der Waals surface area contributed by atoms with Crippen LogP contribution in [0.2, 0.25) is 10.0 Å². The number of carbonyl (C=O) groups excluding carboxylic acids is 1. The monoisotopic (exact) mass is 557 g/mol. The van der Waals surface area contributed by atoms with Crippen molar-refractivity contribution in [3.63, 3.8) is 0 Å². The Kier molecular flexibility index (Phi) is 9.51. The number of carbonyl (C=O) groups is 1. The molecule has 2 aromatic rings. The van der Waals surface area contributed by atoms with Gasteiger partial charge in [-0.05, 0) is 49.9 Å². The van der Waals surface area contributed by atoms with Crippen LogP contribution in [0.5, 0.6) is 5.75 Å². The second-order valence-electron chi connectivity index (χ2n) is 9.53. The minimum atomic E-state index is -3.48. The maximum atomic E-state index is 13.2. The summed E-state index contributed by atoms with van der Waals surface area (Å²) in [6.07, 6.45) is 0.810. The fraction of sp³-hybridized carbons (Fsp3) is 0.480. The van der Waals surface area contributed by atoms with Crippen LogP contribution in [0.1, 0.15) is 25.0 Å². The molecule has 0 unspecified atom stereocenters. The lowest BCUT2D eigenvalue weighted by atomic mass is 10.0. The Hall–Kier alpha value is -2.04.